The summed E-state index contributed by atoms with van der Waals surface area (Å²) in [7, 11) is 1.80. The first kappa shape index (κ1) is 19.4. The van der Waals surface area contributed by atoms with Crippen molar-refractivity contribution < 1.29 is 9.18 Å². The summed E-state index contributed by atoms with van der Waals surface area (Å²) in [6.07, 6.45) is 3.75. The summed E-state index contributed by atoms with van der Waals surface area (Å²) in [5.41, 5.74) is 9.20. The number of nitrogens with zero attached hydrogens (tertiary/aromatic N) is 5. The molecule has 1 saturated carbocycles. The van der Waals surface area contributed by atoms with Gasteiger partial charge in [0.25, 0.3) is 5.91 Å². The van der Waals surface area contributed by atoms with Crippen LogP contribution in [0.25, 0.3) is 33.6 Å². The van der Waals surface area contributed by atoms with Crippen molar-refractivity contribution in [3.8, 4) is 11.5 Å². The van der Waals surface area contributed by atoms with Crippen LogP contribution in [0.5, 0.6) is 0 Å². The molecule has 2 aliphatic rings. The lowest BCUT2D eigenvalue weighted by molar-refractivity contribution is 0.0700. The fourth-order valence-corrected chi connectivity index (χ4v) is 5.69. The van der Waals surface area contributed by atoms with Crippen LogP contribution in [0.15, 0.2) is 36.5 Å². The Balaban J connectivity index is 1.46. The number of likely N-dealkylation sites (tertiary alicyclic amines) is 1. The van der Waals surface area contributed by atoms with E-state index in [0.717, 1.165) is 29.6 Å². The molecule has 1 aliphatic carbocycles. The van der Waals surface area contributed by atoms with Gasteiger partial charge in [-0.3, -0.25) is 4.79 Å². The fraction of sp³-hybridized carbons (Fsp3) is 0.375. The first-order chi connectivity index (χ1) is 15.5. The molecule has 0 radical (unpaired) electrons. The van der Waals surface area contributed by atoms with Crippen LogP contribution in [0, 0.1) is 11.7 Å². The van der Waals surface area contributed by atoms with Gasteiger partial charge in [0.15, 0.2) is 5.82 Å². The highest BCUT2D eigenvalue weighted by Gasteiger charge is 2.46. The molecule has 1 saturated heterocycles. The van der Waals surface area contributed by atoms with Gasteiger partial charge in [0, 0.05) is 49.4 Å². The Morgan fingerprint density at radius 2 is 2.12 bits per heavy atom. The summed E-state index contributed by atoms with van der Waals surface area (Å²) in [6.45, 7) is 3.41. The summed E-state index contributed by atoms with van der Waals surface area (Å²) < 4.78 is 19.1. The van der Waals surface area contributed by atoms with Crippen LogP contribution in [0.2, 0.25) is 0 Å². The molecular weight excluding hydrogens is 407 g/mol. The molecule has 6 rings (SSSR count). The standard InChI is InChI=1S/C24H25FN6O/c1-3-30-19(11-13-5-4-8-27-22(13)30)23-28-17-10-15(9-16(25)21(17)29(23)2)24(32)31-12-14-6-7-18(31)20(14)26/h4-5,8-11,14,18,20H,3,6-7,12,26H2,1-2H3/t14-,18-,20-/m1/s1. The summed E-state index contributed by atoms with van der Waals surface area (Å²) in [6, 6.07) is 9.06. The van der Waals surface area contributed by atoms with Gasteiger partial charge in [-0.15, -0.1) is 0 Å². The second-order valence-corrected chi connectivity index (χ2v) is 8.95. The Hall–Kier alpha value is -3.26. The number of halogens is 1. The van der Waals surface area contributed by atoms with Crippen molar-refractivity contribution in [2.24, 2.45) is 18.7 Å². The number of fused-ring (bicyclic) bond motifs is 4. The summed E-state index contributed by atoms with van der Waals surface area (Å²) >= 11 is 0. The first-order valence-corrected chi connectivity index (χ1v) is 11.1. The number of piperidine rings is 1. The predicted octanol–water partition coefficient (Wildman–Crippen LogP) is 3.31. The van der Waals surface area contributed by atoms with Gasteiger partial charge in [-0.25, -0.2) is 14.4 Å². The van der Waals surface area contributed by atoms with Gasteiger partial charge >= 0.3 is 0 Å². The molecule has 2 N–H and O–H groups in total. The Labute approximate surface area is 184 Å². The Kier molecular flexibility index (Phi) is 4.17. The summed E-state index contributed by atoms with van der Waals surface area (Å²) in [4.78, 5) is 24.3. The third-order valence-electron chi connectivity index (χ3n) is 7.28. The molecule has 3 atom stereocenters. The van der Waals surface area contributed by atoms with E-state index < -0.39 is 5.82 Å². The third-order valence-corrected chi connectivity index (χ3v) is 7.28. The maximum Gasteiger partial charge on any atom is 0.254 e. The summed E-state index contributed by atoms with van der Waals surface area (Å²) in [5.74, 6) is 0.389. The van der Waals surface area contributed by atoms with Crippen molar-refractivity contribution >= 4 is 28.0 Å². The van der Waals surface area contributed by atoms with Gasteiger partial charge in [-0.1, -0.05) is 0 Å². The maximum atomic E-state index is 15.3. The molecule has 164 valence electrons. The Bertz CT molecular complexity index is 1390. The minimum atomic E-state index is -0.446. The van der Waals surface area contributed by atoms with Gasteiger partial charge in [0.05, 0.1) is 11.2 Å². The van der Waals surface area contributed by atoms with Crippen LogP contribution >= 0.6 is 0 Å². The van der Waals surface area contributed by atoms with Crippen molar-refractivity contribution in [3.63, 3.8) is 0 Å². The Morgan fingerprint density at radius 1 is 1.28 bits per heavy atom. The molecule has 8 heteroatoms. The minimum Gasteiger partial charge on any atom is -0.334 e. The zero-order chi connectivity index (χ0) is 22.1. The van der Waals surface area contributed by atoms with Crippen molar-refractivity contribution in [2.75, 3.05) is 6.54 Å². The van der Waals surface area contributed by atoms with Crippen molar-refractivity contribution in [2.45, 2.75) is 38.4 Å². The quantitative estimate of drug-likeness (QED) is 0.539. The number of hydrogen-bond acceptors (Lipinski definition) is 4. The average molecular weight is 433 g/mol. The van der Waals surface area contributed by atoms with Crippen molar-refractivity contribution in [3.05, 3.63) is 47.9 Å². The number of aryl methyl sites for hydroxylation is 2. The summed E-state index contributed by atoms with van der Waals surface area (Å²) in [5, 5.41) is 1.01. The zero-order valence-electron chi connectivity index (χ0n) is 18.1. The second kappa shape index (κ2) is 6.87. The number of benzene rings is 1. The monoisotopic (exact) mass is 432 g/mol. The van der Waals surface area contributed by atoms with E-state index in [2.05, 4.69) is 9.55 Å². The van der Waals surface area contributed by atoms with E-state index in [0.29, 0.717) is 41.4 Å². The normalized spacial score (nSPS) is 22.5. The zero-order valence-corrected chi connectivity index (χ0v) is 18.1. The molecule has 1 aliphatic heterocycles. The van der Waals surface area contributed by atoms with E-state index in [-0.39, 0.29) is 18.0 Å². The first-order valence-electron chi connectivity index (χ1n) is 11.1. The third kappa shape index (κ3) is 2.59. The number of hydrogen-bond donors (Lipinski definition) is 1. The number of pyridine rings is 1. The average Bonchev–Trinajstić information content (AvgIpc) is 3.52. The number of amides is 1. The molecular formula is C24H25FN6O. The largest absolute Gasteiger partial charge is 0.334 e. The predicted molar refractivity (Wildman–Crippen MR) is 121 cm³/mol. The van der Waals surface area contributed by atoms with Gasteiger partial charge in [-0.05, 0) is 56.0 Å². The molecule has 32 heavy (non-hydrogen) atoms. The smallest absolute Gasteiger partial charge is 0.254 e. The van der Waals surface area contributed by atoms with Crippen LogP contribution in [0.1, 0.15) is 30.1 Å². The molecule has 4 heterocycles. The van der Waals surface area contributed by atoms with Crippen LogP contribution < -0.4 is 5.73 Å². The second-order valence-electron chi connectivity index (χ2n) is 8.95. The number of carbonyl (C=O) groups is 1. The van der Waals surface area contributed by atoms with Crippen LogP contribution in [0.4, 0.5) is 4.39 Å². The molecule has 4 aromatic rings. The number of aromatic nitrogens is 4. The van der Waals surface area contributed by atoms with E-state index >= 15 is 4.39 Å². The number of nitrogens with two attached hydrogens (primary N) is 1. The Morgan fingerprint density at radius 3 is 2.84 bits per heavy atom. The lowest BCUT2D eigenvalue weighted by Crippen LogP contribution is -2.41. The fourth-order valence-electron chi connectivity index (χ4n) is 5.69. The molecule has 3 aromatic heterocycles. The van der Waals surface area contributed by atoms with Gasteiger partial charge in [0.2, 0.25) is 0 Å². The van der Waals surface area contributed by atoms with Crippen LogP contribution in [-0.4, -0.2) is 48.5 Å². The number of rotatable bonds is 3. The molecule has 7 nitrogen and oxygen atoms in total. The van der Waals surface area contributed by atoms with E-state index in [1.54, 1.807) is 23.9 Å². The molecule has 0 unspecified atom stereocenters. The molecule has 1 aromatic carbocycles. The lowest BCUT2D eigenvalue weighted by atomic mass is 10.1. The number of carbonyl (C=O) groups excluding carboxylic acids is 1. The van der Waals surface area contributed by atoms with Gasteiger partial charge < -0.3 is 19.8 Å². The molecule has 1 amide bonds. The van der Waals surface area contributed by atoms with Gasteiger partial charge in [-0.2, -0.15) is 0 Å². The highest BCUT2D eigenvalue weighted by atomic mass is 19.1. The van der Waals surface area contributed by atoms with Gasteiger partial charge in [0.1, 0.15) is 17.0 Å². The molecule has 0 spiro atoms. The highest BCUT2D eigenvalue weighted by molar-refractivity contribution is 5.98. The van der Waals surface area contributed by atoms with Crippen LogP contribution in [0.3, 0.4) is 0 Å². The number of imidazole rings is 1. The molecule has 2 fully saturated rings. The topological polar surface area (TPSA) is 82.0 Å². The van der Waals surface area contributed by atoms with E-state index in [4.69, 9.17) is 10.7 Å². The van der Waals surface area contributed by atoms with Crippen molar-refractivity contribution in [1.82, 2.24) is 24.0 Å². The van der Waals surface area contributed by atoms with E-state index in [1.165, 1.54) is 6.07 Å². The SMILES string of the molecule is CCn1c(-c2nc3cc(C(=O)N4C[C@H]5CC[C@@H]4[C@@H]5N)cc(F)c3n2C)cc2cccnc21. The minimum absolute atomic E-state index is 0.0264. The van der Waals surface area contributed by atoms with E-state index in [9.17, 15) is 4.79 Å². The maximum absolute atomic E-state index is 15.3. The lowest BCUT2D eigenvalue weighted by Gasteiger charge is -2.27. The molecule has 2 bridgehead atoms. The highest BCUT2D eigenvalue weighted by Crippen LogP contribution is 2.38. The van der Waals surface area contributed by atoms with E-state index in [1.807, 2.05) is 30.0 Å². The van der Waals surface area contributed by atoms with Crippen molar-refractivity contribution in [1.29, 1.82) is 0 Å². The van der Waals surface area contributed by atoms with Crippen LogP contribution in [-0.2, 0) is 13.6 Å².